The normalized spacial score (nSPS) is 11.3. The molecule has 0 spiro atoms. The van der Waals surface area contributed by atoms with Crippen LogP contribution in [0.2, 0.25) is 0 Å². The van der Waals surface area contributed by atoms with Crippen molar-refractivity contribution in [3.63, 3.8) is 0 Å². The molecule has 100 valence electrons. The lowest BCUT2D eigenvalue weighted by Gasteiger charge is -2.26. The summed E-state index contributed by atoms with van der Waals surface area (Å²) in [6.45, 7) is 7.05. The van der Waals surface area contributed by atoms with Crippen LogP contribution in [0.4, 0.5) is 0 Å². The molecule has 0 aliphatic heterocycles. The fourth-order valence-electron chi connectivity index (χ4n) is 1.79. The van der Waals surface area contributed by atoms with Gasteiger partial charge in [-0.2, -0.15) is 0 Å². The van der Waals surface area contributed by atoms with Gasteiger partial charge in [0, 0.05) is 24.3 Å². The van der Waals surface area contributed by atoms with Crippen molar-refractivity contribution in [2.45, 2.75) is 39.0 Å². The van der Waals surface area contributed by atoms with Gasteiger partial charge in [-0.3, -0.25) is 4.79 Å². The molecule has 1 amide bonds. The molecule has 0 unspecified atom stereocenters. The van der Waals surface area contributed by atoms with Crippen LogP contribution < -0.4 is 5.32 Å². The standard InChI is InChI=1S/C15H22ClNO/c1-4-12-5-7-13(8-6-12)15(2,3)11-17-14(18)9-10-16/h5-8H,4,9-11H2,1-3H3,(H,17,18). The summed E-state index contributed by atoms with van der Waals surface area (Å²) in [5.74, 6) is 0.389. The van der Waals surface area contributed by atoms with Crippen molar-refractivity contribution in [2.75, 3.05) is 12.4 Å². The Bertz CT molecular complexity index is 384. The van der Waals surface area contributed by atoms with Crippen LogP contribution in [-0.4, -0.2) is 18.3 Å². The van der Waals surface area contributed by atoms with E-state index in [0.717, 1.165) is 6.42 Å². The second-order valence-corrected chi connectivity index (χ2v) is 5.53. The fraction of sp³-hybridized carbons (Fsp3) is 0.533. The molecule has 0 bridgehead atoms. The van der Waals surface area contributed by atoms with E-state index in [4.69, 9.17) is 11.6 Å². The summed E-state index contributed by atoms with van der Waals surface area (Å²) in [5.41, 5.74) is 2.51. The third-order valence-corrected chi connectivity index (χ3v) is 3.38. The first-order chi connectivity index (χ1) is 8.49. The van der Waals surface area contributed by atoms with E-state index in [1.807, 2.05) is 0 Å². The van der Waals surface area contributed by atoms with E-state index in [9.17, 15) is 4.79 Å². The molecule has 0 aromatic heterocycles. The summed E-state index contributed by atoms with van der Waals surface area (Å²) in [6, 6.07) is 8.59. The van der Waals surface area contributed by atoms with Crippen molar-refractivity contribution in [1.82, 2.24) is 5.32 Å². The minimum absolute atomic E-state index is 0.0169. The number of carbonyl (C=O) groups excluding carboxylic acids is 1. The maximum absolute atomic E-state index is 11.4. The third-order valence-electron chi connectivity index (χ3n) is 3.19. The molecule has 0 saturated heterocycles. The first-order valence-corrected chi connectivity index (χ1v) is 6.95. The minimum atomic E-state index is -0.0613. The first kappa shape index (κ1) is 15.0. The Labute approximate surface area is 115 Å². The van der Waals surface area contributed by atoms with Crippen molar-refractivity contribution >= 4 is 17.5 Å². The molecular weight excluding hydrogens is 246 g/mol. The lowest BCUT2D eigenvalue weighted by atomic mass is 9.84. The maximum Gasteiger partial charge on any atom is 0.221 e. The number of rotatable bonds is 6. The van der Waals surface area contributed by atoms with Gasteiger partial charge >= 0.3 is 0 Å². The SMILES string of the molecule is CCc1ccc(C(C)(C)CNC(=O)CCCl)cc1. The molecule has 3 heteroatoms. The first-order valence-electron chi connectivity index (χ1n) is 6.41. The number of aryl methyl sites for hydroxylation is 1. The van der Waals surface area contributed by atoms with E-state index in [0.29, 0.717) is 18.8 Å². The summed E-state index contributed by atoms with van der Waals surface area (Å²) in [4.78, 5) is 11.4. The number of alkyl halides is 1. The number of halogens is 1. The summed E-state index contributed by atoms with van der Waals surface area (Å²) >= 11 is 5.54. The van der Waals surface area contributed by atoms with Gasteiger partial charge < -0.3 is 5.32 Å². The zero-order valence-electron chi connectivity index (χ0n) is 11.4. The Hall–Kier alpha value is -1.02. The second kappa shape index (κ2) is 6.79. The monoisotopic (exact) mass is 267 g/mol. The minimum Gasteiger partial charge on any atom is -0.355 e. The van der Waals surface area contributed by atoms with Crippen molar-refractivity contribution in [3.05, 3.63) is 35.4 Å². The molecule has 2 nitrogen and oxygen atoms in total. The van der Waals surface area contributed by atoms with Gasteiger partial charge in [-0.05, 0) is 17.5 Å². The topological polar surface area (TPSA) is 29.1 Å². The van der Waals surface area contributed by atoms with E-state index in [-0.39, 0.29) is 11.3 Å². The second-order valence-electron chi connectivity index (χ2n) is 5.15. The number of hydrogen-bond donors (Lipinski definition) is 1. The smallest absolute Gasteiger partial charge is 0.221 e. The van der Waals surface area contributed by atoms with Gasteiger partial charge in [0.2, 0.25) is 5.91 Å². The van der Waals surface area contributed by atoms with Crippen LogP contribution in [0.1, 0.15) is 38.3 Å². The van der Waals surface area contributed by atoms with Crippen LogP contribution >= 0.6 is 11.6 Å². The van der Waals surface area contributed by atoms with Crippen molar-refractivity contribution in [2.24, 2.45) is 0 Å². The number of hydrogen-bond acceptors (Lipinski definition) is 1. The van der Waals surface area contributed by atoms with Gasteiger partial charge in [0.25, 0.3) is 0 Å². The average molecular weight is 268 g/mol. The van der Waals surface area contributed by atoms with Gasteiger partial charge in [0.1, 0.15) is 0 Å². The fourth-order valence-corrected chi connectivity index (χ4v) is 1.96. The van der Waals surface area contributed by atoms with Crippen LogP contribution in [0.25, 0.3) is 0 Å². The molecule has 1 aromatic rings. The van der Waals surface area contributed by atoms with Crippen LogP contribution in [-0.2, 0) is 16.6 Å². The molecule has 0 aliphatic carbocycles. The zero-order valence-corrected chi connectivity index (χ0v) is 12.2. The number of amides is 1. The van der Waals surface area contributed by atoms with E-state index in [1.165, 1.54) is 11.1 Å². The lowest BCUT2D eigenvalue weighted by Crippen LogP contribution is -2.36. The van der Waals surface area contributed by atoms with Crippen molar-refractivity contribution in [3.8, 4) is 0 Å². The Morgan fingerprint density at radius 3 is 2.39 bits per heavy atom. The Morgan fingerprint density at radius 1 is 1.28 bits per heavy atom. The molecule has 1 aromatic carbocycles. The van der Waals surface area contributed by atoms with Gasteiger partial charge in [-0.15, -0.1) is 11.6 Å². The molecule has 1 N–H and O–H groups in total. The number of nitrogens with one attached hydrogen (secondary N) is 1. The molecule has 1 rings (SSSR count). The predicted octanol–water partition coefficient (Wildman–Crippen LogP) is 3.27. The van der Waals surface area contributed by atoms with Crippen LogP contribution in [0, 0.1) is 0 Å². The largest absolute Gasteiger partial charge is 0.355 e. The summed E-state index contributed by atoms with van der Waals surface area (Å²) in [7, 11) is 0. The summed E-state index contributed by atoms with van der Waals surface area (Å²) in [5, 5.41) is 2.93. The molecule has 0 radical (unpaired) electrons. The summed E-state index contributed by atoms with van der Waals surface area (Å²) < 4.78 is 0. The molecule has 0 fully saturated rings. The zero-order chi connectivity index (χ0) is 13.6. The highest BCUT2D eigenvalue weighted by Gasteiger charge is 2.21. The number of benzene rings is 1. The Balaban J connectivity index is 2.63. The van der Waals surface area contributed by atoms with Gasteiger partial charge in [0.15, 0.2) is 0 Å². The van der Waals surface area contributed by atoms with Gasteiger partial charge in [-0.25, -0.2) is 0 Å². The molecule has 0 atom stereocenters. The third kappa shape index (κ3) is 4.34. The average Bonchev–Trinajstić information content (AvgIpc) is 2.37. The Kier molecular flexibility index (Phi) is 5.67. The van der Waals surface area contributed by atoms with E-state index in [2.05, 4.69) is 50.4 Å². The molecule has 18 heavy (non-hydrogen) atoms. The highest BCUT2D eigenvalue weighted by atomic mass is 35.5. The van der Waals surface area contributed by atoms with E-state index >= 15 is 0 Å². The highest BCUT2D eigenvalue weighted by molar-refractivity contribution is 6.18. The van der Waals surface area contributed by atoms with Crippen molar-refractivity contribution < 1.29 is 4.79 Å². The lowest BCUT2D eigenvalue weighted by molar-refractivity contribution is -0.120. The molecule has 0 heterocycles. The van der Waals surface area contributed by atoms with Gasteiger partial charge in [-0.1, -0.05) is 45.0 Å². The quantitative estimate of drug-likeness (QED) is 0.788. The van der Waals surface area contributed by atoms with Crippen LogP contribution in [0.5, 0.6) is 0 Å². The van der Waals surface area contributed by atoms with Gasteiger partial charge in [0.05, 0.1) is 0 Å². The number of carbonyl (C=O) groups is 1. The molecular formula is C15H22ClNO. The summed E-state index contributed by atoms with van der Waals surface area (Å²) in [6.07, 6.45) is 1.43. The van der Waals surface area contributed by atoms with E-state index < -0.39 is 0 Å². The predicted molar refractivity (Wildman–Crippen MR) is 77.2 cm³/mol. The van der Waals surface area contributed by atoms with Crippen LogP contribution in [0.15, 0.2) is 24.3 Å². The van der Waals surface area contributed by atoms with E-state index in [1.54, 1.807) is 0 Å². The maximum atomic E-state index is 11.4. The van der Waals surface area contributed by atoms with Crippen molar-refractivity contribution in [1.29, 1.82) is 0 Å². The highest BCUT2D eigenvalue weighted by Crippen LogP contribution is 2.22. The van der Waals surface area contributed by atoms with Crippen LogP contribution in [0.3, 0.4) is 0 Å². The molecule has 0 aliphatic rings. The Morgan fingerprint density at radius 2 is 1.89 bits per heavy atom. The molecule has 0 saturated carbocycles.